The molecule has 0 radical (unpaired) electrons. The molecule has 0 amide bonds. The highest BCUT2D eigenvalue weighted by molar-refractivity contribution is 6.49. The van der Waals surface area contributed by atoms with E-state index in [1.54, 1.807) is 0 Å². The fourth-order valence-corrected chi connectivity index (χ4v) is 1.82. The van der Waals surface area contributed by atoms with Crippen LogP contribution in [0.15, 0.2) is 48.5 Å². The maximum atomic E-state index is 5.64. The van der Waals surface area contributed by atoms with Gasteiger partial charge in [-0.15, -0.1) is 0 Å². The molecule has 2 nitrogen and oxygen atoms in total. The number of hydrogen-bond acceptors (Lipinski definition) is 2. The molecule has 0 aromatic heterocycles. The average Bonchev–Trinajstić information content (AvgIpc) is 2.33. The predicted octanol–water partition coefficient (Wildman–Crippen LogP) is 3.97. The molecule has 0 bridgehead atoms. The van der Waals surface area contributed by atoms with Crippen LogP contribution < -0.4 is 9.67 Å². The van der Waals surface area contributed by atoms with E-state index in [0.717, 1.165) is 21.7 Å². The highest BCUT2D eigenvalue weighted by Gasteiger charge is 2.00. The molecule has 2 aromatic rings. The first-order valence-electron chi connectivity index (χ1n) is 5.20. The highest BCUT2D eigenvalue weighted by atomic mass is 35.5. The number of benzene rings is 2. The second-order valence-electron chi connectivity index (χ2n) is 3.82. The van der Waals surface area contributed by atoms with E-state index in [4.69, 9.17) is 29.3 Å². The molecule has 0 atom stereocenters. The molecule has 2 rings (SSSR count). The van der Waals surface area contributed by atoms with Crippen LogP contribution in [0, 0.1) is 0 Å². The monoisotopic (exact) mass is 266 g/mol. The SMILES string of the molecule is Nc1ccc(Cc2ccc(N(Cl)Cl)cc2)cc1. The molecule has 0 heterocycles. The summed E-state index contributed by atoms with van der Waals surface area (Å²) in [5, 5.41) is 0. The molecule has 4 heteroatoms. The van der Waals surface area contributed by atoms with Gasteiger partial charge in [-0.1, -0.05) is 24.3 Å². The van der Waals surface area contributed by atoms with E-state index >= 15 is 0 Å². The Morgan fingerprint density at radius 1 is 0.824 bits per heavy atom. The van der Waals surface area contributed by atoms with Crippen molar-refractivity contribution in [1.82, 2.24) is 0 Å². The molecule has 0 spiro atoms. The third kappa shape index (κ3) is 3.29. The van der Waals surface area contributed by atoms with Crippen molar-refractivity contribution in [1.29, 1.82) is 0 Å². The first-order valence-corrected chi connectivity index (χ1v) is 5.88. The van der Waals surface area contributed by atoms with Crippen LogP contribution in [0.1, 0.15) is 11.1 Å². The predicted molar refractivity (Wildman–Crippen MR) is 74.3 cm³/mol. The van der Waals surface area contributed by atoms with Crippen LogP contribution >= 0.6 is 23.6 Å². The van der Waals surface area contributed by atoms with E-state index in [0.29, 0.717) is 0 Å². The molecule has 0 aliphatic carbocycles. The summed E-state index contributed by atoms with van der Waals surface area (Å²) in [5.74, 6) is 0. The fourth-order valence-electron chi connectivity index (χ4n) is 1.60. The number of halogens is 2. The topological polar surface area (TPSA) is 29.3 Å². The van der Waals surface area contributed by atoms with Crippen LogP contribution in [0.5, 0.6) is 0 Å². The van der Waals surface area contributed by atoms with Crippen molar-refractivity contribution in [2.24, 2.45) is 0 Å². The Bertz CT molecular complexity index is 478. The van der Waals surface area contributed by atoms with Gasteiger partial charge in [-0.25, -0.2) is 0 Å². The highest BCUT2D eigenvalue weighted by Crippen LogP contribution is 2.20. The molecule has 17 heavy (non-hydrogen) atoms. The van der Waals surface area contributed by atoms with E-state index in [9.17, 15) is 0 Å². The third-order valence-corrected chi connectivity index (χ3v) is 2.91. The number of hydrogen-bond donors (Lipinski definition) is 1. The molecule has 2 N–H and O–H groups in total. The van der Waals surface area contributed by atoms with Crippen LogP contribution in [0.25, 0.3) is 0 Å². The number of nitrogens with zero attached hydrogens (tertiary/aromatic N) is 1. The molecule has 0 fully saturated rings. The molecule has 0 aliphatic heterocycles. The van der Waals surface area contributed by atoms with Crippen molar-refractivity contribution in [2.75, 3.05) is 9.67 Å². The average molecular weight is 267 g/mol. The van der Waals surface area contributed by atoms with Gasteiger partial charge < -0.3 is 5.73 Å². The molecular formula is C13H12Cl2N2. The maximum Gasteiger partial charge on any atom is 0.0710 e. The van der Waals surface area contributed by atoms with Gasteiger partial charge in [-0.2, -0.15) is 3.94 Å². The quantitative estimate of drug-likeness (QED) is 0.673. The minimum absolute atomic E-state index is 0.759. The van der Waals surface area contributed by atoms with Crippen molar-refractivity contribution in [3.63, 3.8) is 0 Å². The summed E-state index contributed by atoms with van der Waals surface area (Å²) in [6.45, 7) is 0. The van der Waals surface area contributed by atoms with Gasteiger partial charge in [0, 0.05) is 29.2 Å². The van der Waals surface area contributed by atoms with Crippen molar-refractivity contribution < 1.29 is 0 Å². The second kappa shape index (κ2) is 5.30. The zero-order valence-electron chi connectivity index (χ0n) is 9.11. The maximum absolute atomic E-state index is 5.64. The molecule has 0 saturated heterocycles. The summed E-state index contributed by atoms with van der Waals surface area (Å²) in [6.07, 6.45) is 0.866. The number of nitrogens with two attached hydrogens (primary N) is 1. The minimum atomic E-state index is 0.759. The van der Waals surface area contributed by atoms with Gasteiger partial charge in [0.25, 0.3) is 0 Å². The number of rotatable bonds is 3. The molecular weight excluding hydrogens is 255 g/mol. The fraction of sp³-hybridized carbons (Fsp3) is 0.0769. The Morgan fingerprint density at radius 3 is 1.76 bits per heavy atom. The summed E-state index contributed by atoms with van der Waals surface area (Å²) < 4.78 is 1.05. The molecule has 0 unspecified atom stereocenters. The Morgan fingerprint density at radius 2 is 1.29 bits per heavy atom. The van der Waals surface area contributed by atoms with Crippen molar-refractivity contribution in [2.45, 2.75) is 6.42 Å². The summed E-state index contributed by atoms with van der Waals surface area (Å²) in [5.41, 5.74) is 9.60. The molecule has 0 saturated carbocycles. The van der Waals surface area contributed by atoms with Crippen LogP contribution in [-0.2, 0) is 6.42 Å². The van der Waals surface area contributed by atoms with Crippen LogP contribution in [0.4, 0.5) is 11.4 Å². The van der Waals surface area contributed by atoms with Gasteiger partial charge >= 0.3 is 0 Å². The number of nitrogen functional groups attached to an aromatic ring is 1. The second-order valence-corrected chi connectivity index (χ2v) is 4.67. The van der Waals surface area contributed by atoms with Crippen LogP contribution in [0.2, 0.25) is 0 Å². The van der Waals surface area contributed by atoms with Gasteiger partial charge in [0.05, 0.1) is 5.69 Å². The Kier molecular flexibility index (Phi) is 3.77. The van der Waals surface area contributed by atoms with E-state index in [2.05, 4.69) is 0 Å². The summed E-state index contributed by atoms with van der Waals surface area (Å²) in [4.78, 5) is 0. The minimum Gasteiger partial charge on any atom is -0.399 e. The van der Waals surface area contributed by atoms with Crippen LogP contribution in [0.3, 0.4) is 0 Å². The molecule has 2 aromatic carbocycles. The van der Waals surface area contributed by atoms with Gasteiger partial charge in [0.1, 0.15) is 0 Å². The van der Waals surface area contributed by atoms with Crippen molar-refractivity contribution in [3.05, 3.63) is 59.7 Å². The lowest BCUT2D eigenvalue weighted by atomic mass is 10.0. The van der Waals surface area contributed by atoms with Gasteiger partial charge in [0.15, 0.2) is 0 Å². The Balaban J connectivity index is 2.11. The zero-order valence-corrected chi connectivity index (χ0v) is 10.6. The molecule has 88 valence electrons. The normalized spacial score (nSPS) is 10.2. The van der Waals surface area contributed by atoms with Gasteiger partial charge in [0.2, 0.25) is 0 Å². The number of anilines is 2. The lowest BCUT2D eigenvalue weighted by molar-refractivity contribution is 1.19. The van der Waals surface area contributed by atoms with E-state index in [-0.39, 0.29) is 0 Å². The summed E-state index contributed by atoms with van der Waals surface area (Å²) in [7, 11) is 0. The van der Waals surface area contributed by atoms with Gasteiger partial charge in [-0.3, -0.25) is 0 Å². The summed E-state index contributed by atoms with van der Waals surface area (Å²) >= 11 is 11.2. The van der Waals surface area contributed by atoms with Crippen molar-refractivity contribution in [3.8, 4) is 0 Å². The first kappa shape index (κ1) is 12.1. The van der Waals surface area contributed by atoms with Crippen LogP contribution in [-0.4, -0.2) is 0 Å². The summed E-state index contributed by atoms with van der Waals surface area (Å²) in [6, 6.07) is 15.6. The smallest absolute Gasteiger partial charge is 0.0710 e. The largest absolute Gasteiger partial charge is 0.399 e. The standard InChI is InChI=1S/C13H12Cl2N2/c14-17(15)13-7-3-11(4-8-13)9-10-1-5-12(16)6-2-10/h1-8H,9,16H2. The first-order chi connectivity index (χ1) is 8.15. The zero-order chi connectivity index (χ0) is 12.3. The Hall–Kier alpha value is -1.38. The third-order valence-electron chi connectivity index (χ3n) is 2.52. The molecule has 0 aliphatic rings. The van der Waals surface area contributed by atoms with E-state index in [1.165, 1.54) is 11.1 Å². The Labute approximate surface area is 111 Å². The van der Waals surface area contributed by atoms with Crippen molar-refractivity contribution >= 4 is 34.9 Å². The lowest BCUT2D eigenvalue weighted by Crippen LogP contribution is -1.93. The van der Waals surface area contributed by atoms with E-state index in [1.807, 2.05) is 48.5 Å². The van der Waals surface area contributed by atoms with Gasteiger partial charge in [-0.05, 0) is 41.8 Å². The lowest BCUT2D eigenvalue weighted by Gasteiger charge is -2.07. The van der Waals surface area contributed by atoms with E-state index < -0.39 is 0 Å².